The van der Waals surface area contributed by atoms with Crippen molar-refractivity contribution in [3.05, 3.63) is 57.1 Å². The fourth-order valence-corrected chi connectivity index (χ4v) is 3.02. The summed E-state index contributed by atoms with van der Waals surface area (Å²) in [5, 5.41) is 5.47. The third kappa shape index (κ3) is 6.71. The van der Waals surface area contributed by atoms with Gasteiger partial charge >= 0.3 is 5.97 Å². The normalized spacial score (nSPS) is 10.4. The van der Waals surface area contributed by atoms with Gasteiger partial charge in [0, 0.05) is 22.3 Å². The molecule has 0 unspecified atom stereocenters. The fourth-order valence-electron chi connectivity index (χ4n) is 2.59. The van der Waals surface area contributed by atoms with Gasteiger partial charge in [-0.1, -0.05) is 22.0 Å². The molecule has 6 nitrogen and oxygen atoms in total. The molecule has 0 saturated carbocycles. The zero-order valence-electron chi connectivity index (χ0n) is 17.0. The van der Waals surface area contributed by atoms with Crippen LogP contribution in [0.3, 0.4) is 0 Å². The Hall–Kier alpha value is -2.67. The minimum atomic E-state index is -0.598. The van der Waals surface area contributed by atoms with Crippen molar-refractivity contribution in [1.29, 1.82) is 0 Å². The van der Waals surface area contributed by atoms with Crippen LogP contribution >= 0.6 is 15.9 Å². The Bertz CT molecular complexity index is 941. The van der Waals surface area contributed by atoms with Gasteiger partial charge in [0.05, 0.1) is 6.42 Å². The maximum Gasteiger partial charge on any atom is 0.306 e. The van der Waals surface area contributed by atoms with Crippen LogP contribution in [0.25, 0.3) is 0 Å². The van der Waals surface area contributed by atoms with E-state index in [-0.39, 0.29) is 18.7 Å². The van der Waals surface area contributed by atoms with Crippen LogP contribution in [-0.2, 0) is 19.1 Å². The van der Waals surface area contributed by atoms with Crippen molar-refractivity contribution in [1.82, 2.24) is 0 Å². The molecule has 0 aliphatic carbocycles. The molecule has 0 aromatic heterocycles. The molecule has 0 radical (unpaired) electrons. The highest BCUT2D eigenvalue weighted by Gasteiger charge is 2.13. The maximum atomic E-state index is 12.0. The second-order valence-corrected chi connectivity index (χ2v) is 7.76. The van der Waals surface area contributed by atoms with E-state index in [2.05, 4.69) is 26.6 Å². The zero-order valence-corrected chi connectivity index (χ0v) is 18.6. The number of carbonyl (C=O) groups excluding carboxylic acids is 3. The van der Waals surface area contributed by atoms with Gasteiger partial charge < -0.3 is 15.4 Å². The number of esters is 1. The van der Waals surface area contributed by atoms with Gasteiger partial charge in [-0.05, 0) is 74.2 Å². The number of hydrogen-bond donors (Lipinski definition) is 2. The van der Waals surface area contributed by atoms with Crippen LogP contribution in [0.5, 0.6) is 0 Å². The van der Waals surface area contributed by atoms with Crippen molar-refractivity contribution in [3.8, 4) is 0 Å². The number of amides is 2. The molecule has 2 aromatic carbocycles. The van der Waals surface area contributed by atoms with Crippen LogP contribution in [0.15, 0.2) is 34.8 Å². The molecule has 2 rings (SSSR count). The molecular weight excluding hydrogens is 436 g/mol. The maximum absolute atomic E-state index is 12.0. The van der Waals surface area contributed by atoms with E-state index < -0.39 is 18.5 Å². The van der Waals surface area contributed by atoms with Crippen molar-refractivity contribution in [3.63, 3.8) is 0 Å². The van der Waals surface area contributed by atoms with E-state index >= 15 is 0 Å². The Morgan fingerprint density at radius 2 is 1.59 bits per heavy atom. The van der Waals surface area contributed by atoms with Crippen LogP contribution in [0.1, 0.15) is 35.1 Å². The minimum Gasteiger partial charge on any atom is -0.456 e. The molecule has 29 heavy (non-hydrogen) atoms. The lowest BCUT2D eigenvalue weighted by molar-refractivity contribution is -0.147. The second-order valence-electron chi connectivity index (χ2n) is 6.90. The summed E-state index contributed by atoms with van der Waals surface area (Å²) in [4.78, 5) is 35.8. The summed E-state index contributed by atoms with van der Waals surface area (Å²) >= 11 is 3.44. The average Bonchev–Trinajstić information content (AvgIpc) is 2.68. The van der Waals surface area contributed by atoms with E-state index in [1.807, 2.05) is 52.0 Å². The summed E-state index contributed by atoms with van der Waals surface area (Å²) in [5.41, 5.74) is 5.52. The van der Waals surface area contributed by atoms with Crippen molar-refractivity contribution < 1.29 is 19.1 Å². The summed E-state index contributed by atoms with van der Waals surface area (Å²) in [6.45, 7) is 7.40. The first-order chi connectivity index (χ1) is 13.7. The molecule has 0 spiro atoms. The van der Waals surface area contributed by atoms with Crippen LogP contribution in [-0.4, -0.2) is 24.4 Å². The lowest BCUT2D eigenvalue weighted by atomic mass is 10.1. The quantitative estimate of drug-likeness (QED) is 0.591. The predicted molar refractivity (Wildman–Crippen MR) is 117 cm³/mol. The highest BCUT2D eigenvalue weighted by atomic mass is 79.9. The van der Waals surface area contributed by atoms with Gasteiger partial charge in [-0.2, -0.15) is 0 Å². The Kier molecular flexibility index (Phi) is 7.96. The summed E-state index contributed by atoms with van der Waals surface area (Å²) in [7, 11) is 0. The van der Waals surface area contributed by atoms with Gasteiger partial charge in [-0.3, -0.25) is 14.4 Å². The number of carbonyl (C=O) groups is 3. The van der Waals surface area contributed by atoms with Crippen LogP contribution in [0.4, 0.5) is 11.4 Å². The Morgan fingerprint density at radius 3 is 2.28 bits per heavy atom. The summed E-state index contributed by atoms with van der Waals surface area (Å²) in [6.07, 6.45) is -0.112. The molecule has 154 valence electrons. The predicted octanol–water partition coefficient (Wildman–Crippen LogP) is 4.58. The van der Waals surface area contributed by atoms with Crippen LogP contribution in [0.2, 0.25) is 0 Å². The van der Waals surface area contributed by atoms with Crippen molar-refractivity contribution in [2.75, 3.05) is 17.2 Å². The van der Waals surface area contributed by atoms with Crippen molar-refractivity contribution in [2.24, 2.45) is 0 Å². The SMILES string of the molecule is Cc1ccc(NC(=O)CCC(=O)OCC(=O)Nc2ccc(Br)c(C)c2C)cc1C. The Morgan fingerprint density at radius 1 is 0.862 bits per heavy atom. The van der Waals surface area contributed by atoms with Crippen LogP contribution < -0.4 is 10.6 Å². The van der Waals surface area contributed by atoms with E-state index in [1.54, 1.807) is 6.07 Å². The highest BCUT2D eigenvalue weighted by molar-refractivity contribution is 9.10. The monoisotopic (exact) mass is 460 g/mol. The molecule has 2 N–H and O–H groups in total. The number of hydrogen-bond acceptors (Lipinski definition) is 4. The molecule has 0 heterocycles. The molecule has 0 fully saturated rings. The van der Waals surface area contributed by atoms with Gasteiger partial charge in [0.2, 0.25) is 5.91 Å². The fraction of sp³-hybridized carbons (Fsp3) is 0.318. The molecule has 0 aliphatic heterocycles. The Balaban J connectivity index is 1.75. The number of aryl methyl sites for hydroxylation is 2. The summed E-state index contributed by atoms with van der Waals surface area (Å²) in [6, 6.07) is 9.24. The summed E-state index contributed by atoms with van der Waals surface area (Å²) in [5.74, 6) is -1.31. The molecule has 7 heteroatoms. The van der Waals surface area contributed by atoms with Crippen LogP contribution in [0, 0.1) is 27.7 Å². The lowest BCUT2D eigenvalue weighted by Gasteiger charge is -2.12. The molecular formula is C22H25BrN2O4. The minimum absolute atomic E-state index is 0.0155. The number of nitrogens with one attached hydrogen (secondary N) is 2. The first kappa shape index (κ1) is 22.6. The van der Waals surface area contributed by atoms with Gasteiger partial charge in [-0.25, -0.2) is 0 Å². The molecule has 0 atom stereocenters. The van der Waals surface area contributed by atoms with Gasteiger partial charge in [0.15, 0.2) is 6.61 Å². The number of rotatable bonds is 7. The lowest BCUT2D eigenvalue weighted by Crippen LogP contribution is -2.22. The Labute approximate surface area is 179 Å². The topological polar surface area (TPSA) is 84.5 Å². The van der Waals surface area contributed by atoms with E-state index in [1.165, 1.54) is 0 Å². The standard InChI is InChI=1S/C22H25BrN2O4/c1-13-5-6-17(11-14(13)2)24-20(26)9-10-22(28)29-12-21(27)25-19-8-7-18(23)15(3)16(19)4/h5-8,11H,9-10,12H2,1-4H3,(H,24,26)(H,25,27). The molecule has 0 bridgehead atoms. The van der Waals surface area contributed by atoms with Gasteiger partial charge in [0.1, 0.15) is 0 Å². The molecule has 2 aromatic rings. The highest BCUT2D eigenvalue weighted by Crippen LogP contribution is 2.25. The van der Waals surface area contributed by atoms with E-state index in [4.69, 9.17) is 4.74 Å². The first-order valence-electron chi connectivity index (χ1n) is 9.25. The summed E-state index contributed by atoms with van der Waals surface area (Å²) < 4.78 is 5.92. The van der Waals surface area contributed by atoms with Gasteiger partial charge in [-0.15, -0.1) is 0 Å². The van der Waals surface area contributed by atoms with E-state index in [9.17, 15) is 14.4 Å². The van der Waals surface area contributed by atoms with Crippen molar-refractivity contribution >= 4 is 45.1 Å². The largest absolute Gasteiger partial charge is 0.456 e. The first-order valence-corrected chi connectivity index (χ1v) is 10.0. The number of benzene rings is 2. The molecule has 0 aliphatic rings. The number of ether oxygens (including phenoxy) is 1. The number of anilines is 2. The molecule has 0 saturated heterocycles. The number of halogens is 1. The third-order valence-corrected chi connectivity index (χ3v) is 5.57. The van der Waals surface area contributed by atoms with E-state index in [0.717, 1.165) is 26.7 Å². The third-order valence-electron chi connectivity index (χ3n) is 4.71. The molecule has 2 amide bonds. The zero-order chi connectivity index (χ0) is 21.6. The van der Waals surface area contributed by atoms with Crippen molar-refractivity contribution in [2.45, 2.75) is 40.5 Å². The smallest absolute Gasteiger partial charge is 0.306 e. The van der Waals surface area contributed by atoms with Gasteiger partial charge in [0.25, 0.3) is 5.91 Å². The van der Waals surface area contributed by atoms with E-state index in [0.29, 0.717) is 11.4 Å². The average molecular weight is 461 g/mol. The second kappa shape index (κ2) is 10.2.